The minimum Gasteiger partial charge on any atom is -0.462 e. The van der Waals surface area contributed by atoms with Gasteiger partial charge in [-0.2, -0.15) is 0 Å². The minimum atomic E-state index is -0.759. The predicted octanol–water partition coefficient (Wildman–Crippen LogP) is 1.13. The van der Waals surface area contributed by atoms with E-state index < -0.39 is 17.5 Å². The number of rotatable bonds is 7. The first kappa shape index (κ1) is 19.6. The summed E-state index contributed by atoms with van der Waals surface area (Å²) in [6.45, 7) is 2.10. The van der Waals surface area contributed by atoms with Crippen LogP contribution in [0.5, 0.6) is 0 Å². The number of nitrogens with zero attached hydrogens (tertiary/aromatic N) is 4. The van der Waals surface area contributed by atoms with E-state index in [-0.39, 0.29) is 47.1 Å². The predicted molar refractivity (Wildman–Crippen MR) is 100 cm³/mol. The molecule has 30 heavy (non-hydrogen) atoms. The Bertz CT molecular complexity index is 1150. The summed E-state index contributed by atoms with van der Waals surface area (Å²) < 4.78 is 12.4. The zero-order valence-electron chi connectivity index (χ0n) is 16.1. The molecule has 0 amide bonds. The van der Waals surface area contributed by atoms with Gasteiger partial charge in [0.1, 0.15) is 17.0 Å². The Labute approximate surface area is 170 Å². The second kappa shape index (κ2) is 7.99. The zero-order chi connectivity index (χ0) is 21.3. The van der Waals surface area contributed by atoms with Gasteiger partial charge in [0.2, 0.25) is 11.6 Å². The first-order chi connectivity index (χ1) is 14.5. The molecule has 1 aliphatic rings. The summed E-state index contributed by atoms with van der Waals surface area (Å²) in [5.41, 5.74) is 0.586. The first-order valence-corrected chi connectivity index (χ1v) is 9.36. The smallest absolute Gasteiger partial charge is 0.342 e. The molecule has 3 aromatic rings. The monoisotopic (exact) mass is 410 g/mol. The molecule has 0 bridgehead atoms. The second-order valence-electron chi connectivity index (χ2n) is 6.73. The van der Waals surface area contributed by atoms with E-state index in [9.17, 15) is 14.4 Å². The summed E-state index contributed by atoms with van der Waals surface area (Å²) in [6, 6.07) is 3.05. The van der Waals surface area contributed by atoms with Crippen molar-refractivity contribution in [3.05, 3.63) is 64.1 Å². The summed E-state index contributed by atoms with van der Waals surface area (Å²) in [5, 5.41) is 16.7. The van der Waals surface area contributed by atoms with Crippen LogP contribution in [0.15, 0.2) is 28.9 Å². The van der Waals surface area contributed by atoms with Crippen molar-refractivity contribution in [1.82, 2.24) is 20.0 Å². The van der Waals surface area contributed by atoms with E-state index in [1.807, 2.05) is 0 Å². The fourth-order valence-electron chi connectivity index (χ4n) is 3.29. The first-order valence-electron chi connectivity index (χ1n) is 9.36. The van der Waals surface area contributed by atoms with Gasteiger partial charge in [-0.3, -0.25) is 19.3 Å². The van der Waals surface area contributed by atoms with Gasteiger partial charge in [0.25, 0.3) is 0 Å². The maximum atomic E-state index is 12.9. The molecule has 3 heterocycles. The van der Waals surface area contributed by atoms with Crippen LogP contribution in [0, 0.1) is 6.92 Å². The van der Waals surface area contributed by atoms with Crippen LogP contribution in [0.25, 0.3) is 0 Å². The number of pyridine rings is 1. The number of aliphatic hydroxyl groups excluding tert-OH is 1. The molecule has 4 rings (SSSR count). The number of esters is 1. The number of hydrogen-bond donors (Lipinski definition) is 1. The molecule has 1 aliphatic carbocycles. The lowest BCUT2D eigenvalue weighted by molar-refractivity contribution is 0.0504. The number of carbonyl (C=O) groups excluding carboxylic acids is 3. The summed E-state index contributed by atoms with van der Waals surface area (Å²) in [4.78, 5) is 42.2. The summed E-state index contributed by atoms with van der Waals surface area (Å²) in [7, 11) is 0. The van der Waals surface area contributed by atoms with E-state index in [2.05, 4.69) is 15.3 Å². The molecule has 0 fully saturated rings. The van der Waals surface area contributed by atoms with Crippen molar-refractivity contribution in [3.8, 4) is 0 Å². The molecule has 3 aromatic heterocycles. The third-order valence-electron chi connectivity index (χ3n) is 4.71. The molecule has 0 unspecified atom stereocenters. The standard InChI is InChI=1S/C20H18N4O6/c1-11-14(20(28)29-9-5-12-10-24(23-22-12)7-3-8-25)15-18(27)16-13(4-2-6-21-16)17(26)19(15)30-11/h2,4,6,10,25H,3,5,7-9H2,1H3. The average molecular weight is 410 g/mol. The number of carbonyl (C=O) groups is 3. The van der Waals surface area contributed by atoms with Crippen molar-refractivity contribution < 1.29 is 28.6 Å². The zero-order valence-corrected chi connectivity index (χ0v) is 16.1. The lowest BCUT2D eigenvalue weighted by atomic mass is 9.90. The van der Waals surface area contributed by atoms with Crippen LogP contribution in [-0.2, 0) is 17.7 Å². The molecule has 0 saturated heterocycles. The number of fused-ring (bicyclic) bond motifs is 2. The maximum Gasteiger partial charge on any atom is 0.342 e. The van der Waals surface area contributed by atoms with Gasteiger partial charge in [-0.05, 0) is 25.5 Å². The van der Waals surface area contributed by atoms with E-state index >= 15 is 0 Å². The summed E-state index contributed by atoms with van der Waals surface area (Å²) >= 11 is 0. The number of ketones is 2. The Morgan fingerprint density at radius 1 is 1.30 bits per heavy atom. The fraction of sp³-hybridized carbons (Fsp3) is 0.300. The molecule has 1 N–H and O–H groups in total. The van der Waals surface area contributed by atoms with Gasteiger partial charge in [0.05, 0.1) is 23.4 Å². The van der Waals surface area contributed by atoms with Crippen LogP contribution in [0.3, 0.4) is 0 Å². The Hall–Kier alpha value is -3.66. The van der Waals surface area contributed by atoms with Crippen molar-refractivity contribution in [2.24, 2.45) is 0 Å². The van der Waals surface area contributed by atoms with E-state index in [4.69, 9.17) is 14.3 Å². The van der Waals surface area contributed by atoms with Gasteiger partial charge < -0.3 is 14.3 Å². The molecular weight excluding hydrogens is 392 g/mol. The van der Waals surface area contributed by atoms with E-state index in [1.165, 1.54) is 19.2 Å². The second-order valence-corrected chi connectivity index (χ2v) is 6.73. The molecule has 154 valence electrons. The molecule has 0 aromatic carbocycles. The van der Waals surface area contributed by atoms with Gasteiger partial charge in [0, 0.05) is 32.0 Å². The van der Waals surface area contributed by atoms with Crippen molar-refractivity contribution in [2.75, 3.05) is 13.2 Å². The van der Waals surface area contributed by atoms with Crippen LogP contribution in [0.1, 0.15) is 60.4 Å². The lowest BCUT2D eigenvalue weighted by Gasteiger charge is -2.12. The largest absolute Gasteiger partial charge is 0.462 e. The van der Waals surface area contributed by atoms with Crippen LogP contribution in [0.2, 0.25) is 0 Å². The van der Waals surface area contributed by atoms with Crippen LogP contribution < -0.4 is 0 Å². The molecular formula is C20H18N4O6. The number of aryl methyl sites for hydroxylation is 2. The Morgan fingerprint density at radius 3 is 2.93 bits per heavy atom. The summed E-state index contributed by atoms with van der Waals surface area (Å²) in [6.07, 6.45) is 4.00. The van der Waals surface area contributed by atoms with Crippen LogP contribution in [0.4, 0.5) is 0 Å². The third kappa shape index (κ3) is 3.41. The van der Waals surface area contributed by atoms with Crippen LogP contribution in [-0.4, -0.2) is 55.8 Å². The van der Waals surface area contributed by atoms with Crippen LogP contribution >= 0.6 is 0 Å². The van der Waals surface area contributed by atoms with Crippen molar-refractivity contribution in [1.29, 1.82) is 0 Å². The number of ether oxygens (including phenoxy) is 1. The number of furan rings is 1. The molecule has 10 heteroatoms. The quantitative estimate of drug-likeness (QED) is 0.444. The van der Waals surface area contributed by atoms with Crippen molar-refractivity contribution in [3.63, 3.8) is 0 Å². The summed E-state index contributed by atoms with van der Waals surface area (Å²) in [5.74, 6) is -1.83. The van der Waals surface area contributed by atoms with Crippen molar-refractivity contribution >= 4 is 17.5 Å². The number of hydrogen-bond acceptors (Lipinski definition) is 9. The molecule has 10 nitrogen and oxygen atoms in total. The fourth-order valence-corrected chi connectivity index (χ4v) is 3.29. The molecule has 0 atom stereocenters. The lowest BCUT2D eigenvalue weighted by Crippen LogP contribution is -2.23. The highest BCUT2D eigenvalue weighted by Crippen LogP contribution is 2.32. The normalized spacial score (nSPS) is 12.6. The van der Waals surface area contributed by atoms with Gasteiger partial charge >= 0.3 is 5.97 Å². The number of aliphatic hydroxyl groups is 1. The Kier molecular flexibility index (Phi) is 5.23. The van der Waals surface area contributed by atoms with Gasteiger partial charge in [-0.25, -0.2) is 4.79 Å². The van der Waals surface area contributed by atoms with E-state index in [1.54, 1.807) is 16.9 Å². The minimum absolute atomic E-state index is 0.00783. The third-order valence-corrected chi connectivity index (χ3v) is 4.71. The van der Waals surface area contributed by atoms with Gasteiger partial charge in [0.15, 0.2) is 5.76 Å². The molecule has 0 radical (unpaired) electrons. The highest BCUT2D eigenvalue weighted by molar-refractivity contribution is 6.29. The maximum absolute atomic E-state index is 12.9. The van der Waals surface area contributed by atoms with E-state index in [0.717, 1.165) is 0 Å². The molecule has 0 spiro atoms. The topological polar surface area (TPSA) is 137 Å². The Balaban J connectivity index is 1.49. The highest BCUT2D eigenvalue weighted by Gasteiger charge is 2.39. The van der Waals surface area contributed by atoms with Gasteiger partial charge in [-0.15, -0.1) is 5.10 Å². The highest BCUT2D eigenvalue weighted by atomic mass is 16.5. The van der Waals surface area contributed by atoms with E-state index in [0.29, 0.717) is 25.1 Å². The number of aromatic nitrogens is 4. The Morgan fingerprint density at radius 2 is 2.13 bits per heavy atom. The SMILES string of the molecule is Cc1oc2c(c1C(=O)OCCc1cn(CCCO)nn1)C(=O)c1ncccc1C2=O. The molecule has 0 aliphatic heterocycles. The molecule has 0 saturated carbocycles. The average Bonchev–Trinajstić information content (AvgIpc) is 3.34. The van der Waals surface area contributed by atoms with Crippen molar-refractivity contribution in [2.45, 2.75) is 26.3 Å². The van der Waals surface area contributed by atoms with Gasteiger partial charge in [-0.1, -0.05) is 5.21 Å².